The second kappa shape index (κ2) is 7.31. The van der Waals surface area contributed by atoms with E-state index in [9.17, 15) is 5.11 Å². The van der Waals surface area contributed by atoms with Crippen LogP contribution < -0.4 is 5.32 Å². The van der Waals surface area contributed by atoms with E-state index in [2.05, 4.69) is 43.1 Å². The fourth-order valence-electron chi connectivity index (χ4n) is 2.44. The molecule has 0 aromatic heterocycles. The average Bonchev–Trinajstić information content (AvgIpc) is 2.25. The number of piperazine rings is 1. The first-order valence-electron chi connectivity index (χ1n) is 6.76. The van der Waals surface area contributed by atoms with Crippen molar-refractivity contribution in [1.29, 1.82) is 0 Å². The largest absolute Gasteiger partial charge is 0.395 e. The summed E-state index contributed by atoms with van der Waals surface area (Å²) in [4.78, 5) is 4.64. The summed E-state index contributed by atoms with van der Waals surface area (Å²) in [6.45, 7) is 8.89. The highest BCUT2D eigenvalue weighted by Crippen LogP contribution is 2.13. The predicted molar refractivity (Wildman–Crippen MR) is 72.2 cm³/mol. The van der Waals surface area contributed by atoms with Crippen molar-refractivity contribution >= 4 is 0 Å². The third kappa shape index (κ3) is 5.34. The standard InChI is InChI=1S/C13H29N3O/c1-11(2)7-12-9-16(6-5-15(3)4)13(10-17)8-14-12/h11-14,17H,5-10H2,1-4H3. The maximum Gasteiger partial charge on any atom is 0.0599 e. The van der Waals surface area contributed by atoms with E-state index in [-0.39, 0.29) is 6.61 Å². The summed E-state index contributed by atoms with van der Waals surface area (Å²) in [7, 11) is 4.20. The highest BCUT2D eigenvalue weighted by Gasteiger charge is 2.27. The SMILES string of the molecule is CC(C)CC1CN(CCN(C)C)C(CO)CN1. The molecule has 0 aromatic carbocycles. The van der Waals surface area contributed by atoms with Crippen LogP contribution in [0.4, 0.5) is 0 Å². The number of aliphatic hydroxyl groups is 1. The number of aliphatic hydroxyl groups excluding tert-OH is 1. The van der Waals surface area contributed by atoms with Gasteiger partial charge in [0.15, 0.2) is 0 Å². The maximum atomic E-state index is 9.40. The van der Waals surface area contributed by atoms with E-state index in [4.69, 9.17) is 0 Å². The molecule has 2 N–H and O–H groups in total. The third-order valence-electron chi connectivity index (χ3n) is 3.41. The number of rotatable bonds is 6. The van der Waals surface area contributed by atoms with Gasteiger partial charge in [-0.2, -0.15) is 0 Å². The third-order valence-corrected chi connectivity index (χ3v) is 3.41. The van der Waals surface area contributed by atoms with Crippen molar-refractivity contribution in [2.24, 2.45) is 5.92 Å². The van der Waals surface area contributed by atoms with E-state index < -0.39 is 0 Å². The Kier molecular flexibility index (Phi) is 6.41. The second-order valence-electron chi connectivity index (χ2n) is 5.87. The molecule has 1 rings (SSSR count). The van der Waals surface area contributed by atoms with E-state index in [1.165, 1.54) is 6.42 Å². The summed E-state index contributed by atoms with van der Waals surface area (Å²) in [5.41, 5.74) is 0. The van der Waals surface area contributed by atoms with Crippen molar-refractivity contribution < 1.29 is 5.11 Å². The summed E-state index contributed by atoms with van der Waals surface area (Å²) in [6, 6.07) is 0.873. The quantitative estimate of drug-likeness (QED) is 0.700. The zero-order valence-corrected chi connectivity index (χ0v) is 11.8. The van der Waals surface area contributed by atoms with Crippen LogP contribution in [0, 0.1) is 5.92 Å². The van der Waals surface area contributed by atoms with Crippen molar-refractivity contribution in [2.45, 2.75) is 32.4 Å². The lowest BCUT2D eigenvalue weighted by atomic mass is 10.00. The molecule has 17 heavy (non-hydrogen) atoms. The Morgan fingerprint density at radius 1 is 1.41 bits per heavy atom. The van der Waals surface area contributed by atoms with Crippen molar-refractivity contribution in [3.63, 3.8) is 0 Å². The van der Waals surface area contributed by atoms with Crippen LogP contribution in [-0.4, -0.2) is 73.9 Å². The molecule has 0 radical (unpaired) electrons. The molecular formula is C13H29N3O. The first-order valence-corrected chi connectivity index (χ1v) is 6.76. The molecule has 0 aliphatic carbocycles. The molecule has 102 valence electrons. The molecule has 1 heterocycles. The van der Waals surface area contributed by atoms with Crippen LogP contribution in [0.5, 0.6) is 0 Å². The Morgan fingerprint density at radius 2 is 2.12 bits per heavy atom. The molecular weight excluding hydrogens is 214 g/mol. The number of nitrogens with one attached hydrogen (secondary N) is 1. The van der Waals surface area contributed by atoms with Crippen LogP contribution in [0.1, 0.15) is 20.3 Å². The molecule has 1 fully saturated rings. The van der Waals surface area contributed by atoms with Gasteiger partial charge in [0, 0.05) is 38.3 Å². The summed E-state index contributed by atoms with van der Waals surface area (Å²) in [6.07, 6.45) is 1.22. The monoisotopic (exact) mass is 243 g/mol. The Labute approximate surface area is 106 Å². The van der Waals surface area contributed by atoms with E-state index >= 15 is 0 Å². The summed E-state index contributed by atoms with van der Waals surface area (Å²) < 4.78 is 0. The van der Waals surface area contributed by atoms with Crippen LogP contribution >= 0.6 is 0 Å². The number of likely N-dealkylation sites (N-methyl/N-ethyl adjacent to an activating group) is 1. The molecule has 1 saturated heterocycles. The number of nitrogens with zero attached hydrogens (tertiary/aromatic N) is 2. The van der Waals surface area contributed by atoms with E-state index in [0.717, 1.165) is 32.1 Å². The van der Waals surface area contributed by atoms with Crippen molar-refractivity contribution in [3.05, 3.63) is 0 Å². The average molecular weight is 243 g/mol. The molecule has 0 amide bonds. The molecule has 4 nitrogen and oxygen atoms in total. The van der Waals surface area contributed by atoms with Crippen LogP contribution in [0.15, 0.2) is 0 Å². The van der Waals surface area contributed by atoms with E-state index in [1.54, 1.807) is 0 Å². The minimum absolute atomic E-state index is 0.259. The van der Waals surface area contributed by atoms with Crippen molar-refractivity contribution in [1.82, 2.24) is 15.1 Å². The zero-order chi connectivity index (χ0) is 12.8. The fourth-order valence-corrected chi connectivity index (χ4v) is 2.44. The molecule has 0 bridgehead atoms. The van der Waals surface area contributed by atoms with Crippen LogP contribution in [0.25, 0.3) is 0 Å². The van der Waals surface area contributed by atoms with Crippen molar-refractivity contribution in [3.8, 4) is 0 Å². The van der Waals surface area contributed by atoms with Crippen LogP contribution in [0.3, 0.4) is 0 Å². The molecule has 0 saturated carbocycles. The van der Waals surface area contributed by atoms with E-state index in [0.29, 0.717) is 12.1 Å². The number of hydrogen-bond acceptors (Lipinski definition) is 4. The lowest BCUT2D eigenvalue weighted by Crippen LogP contribution is -2.59. The maximum absolute atomic E-state index is 9.40. The first-order chi connectivity index (χ1) is 8.02. The Morgan fingerprint density at radius 3 is 2.65 bits per heavy atom. The van der Waals surface area contributed by atoms with Gasteiger partial charge in [0.2, 0.25) is 0 Å². The highest BCUT2D eigenvalue weighted by molar-refractivity contribution is 4.86. The van der Waals surface area contributed by atoms with Gasteiger partial charge in [0.25, 0.3) is 0 Å². The van der Waals surface area contributed by atoms with Gasteiger partial charge in [-0.05, 0) is 26.4 Å². The molecule has 4 heteroatoms. The van der Waals surface area contributed by atoms with Gasteiger partial charge >= 0.3 is 0 Å². The first kappa shape index (κ1) is 14.9. The van der Waals surface area contributed by atoms with Gasteiger partial charge in [-0.1, -0.05) is 13.8 Å². The van der Waals surface area contributed by atoms with Gasteiger partial charge in [-0.3, -0.25) is 4.90 Å². The van der Waals surface area contributed by atoms with Gasteiger partial charge in [0.05, 0.1) is 6.61 Å². The van der Waals surface area contributed by atoms with Crippen molar-refractivity contribution in [2.75, 3.05) is 46.9 Å². The van der Waals surface area contributed by atoms with Crippen LogP contribution in [0.2, 0.25) is 0 Å². The lowest BCUT2D eigenvalue weighted by molar-refractivity contribution is 0.0708. The Balaban J connectivity index is 2.43. The van der Waals surface area contributed by atoms with Gasteiger partial charge < -0.3 is 15.3 Å². The molecule has 0 spiro atoms. The summed E-state index contributed by atoms with van der Waals surface area (Å²) in [5.74, 6) is 0.730. The topological polar surface area (TPSA) is 38.7 Å². The molecule has 2 atom stereocenters. The smallest absolute Gasteiger partial charge is 0.0599 e. The lowest BCUT2D eigenvalue weighted by Gasteiger charge is -2.40. The molecule has 1 aliphatic heterocycles. The summed E-state index contributed by atoms with van der Waals surface area (Å²) >= 11 is 0. The van der Waals surface area contributed by atoms with Gasteiger partial charge in [0.1, 0.15) is 0 Å². The highest BCUT2D eigenvalue weighted by atomic mass is 16.3. The normalized spacial score (nSPS) is 27.0. The Bertz CT molecular complexity index is 209. The summed E-state index contributed by atoms with van der Waals surface area (Å²) in [5, 5.41) is 13.0. The molecule has 1 aliphatic rings. The fraction of sp³-hybridized carbons (Fsp3) is 1.00. The van der Waals surface area contributed by atoms with E-state index in [1.807, 2.05) is 0 Å². The van der Waals surface area contributed by atoms with Crippen LogP contribution in [-0.2, 0) is 0 Å². The Hall–Kier alpha value is -0.160. The minimum atomic E-state index is 0.259. The second-order valence-corrected chi connectivity index (χ2v) is 5.87. The number of hydrogen-bond donors (Lipinski definition) is 2. The van der Waals surface area contributed by atoms with Gasteiger partial charge in [-0.25, -0.2) is 0 Å². The zero-order valence-electron chi connectivity index (χ0n) is 11.8. The molecule has 0 aromatic rings. The van der Waals surface area contributed by atoms with Gasteiger partial charge in [-0.15, -0.1) is 0 Å². The predicted octanol–water partition coefficient (Wildman–Crippen LogP) is 0.229. The molecule has 2 unspecified atom stereocenters. The minimum Gasteiger partial charge on any atom is -0.395 e.